The van der Waals surface area contributed by atoms with Crippen molar-refractivity contribution >= 4 is 5.91 Å². The second-order valence-electron chi connectivity index (χ2n) is 6.02. The molecule has 0 spiro atoms. The largest absolute Gasteiger partial charge is 0.396 e. The molecule has 1 aliphatic rings. The normalized spacial score (nSPS) is 21.8. The average molecular weight is 307 g/mol. The molecule has 2 heterocycles. The smallest absolute Gasteiger partial charge is 0.222 e. The Bertz CT molecular complexity index is 469. The van der Waals surface area contributed by atoms with Crippen molar-refractivity contribution in [3.8, 4) is 0 Å². The first-order chi connectivity index (χ1) is 10.7. The zero-order chi connectivity index (χ0) is 15.8. The Balaban J connectivity index is 1.89. The molecule has 1 saturated heterocycles. The SMILES string of the molecule is COCC[C@]1(CO)CCCN(C(=O)CCc2cnccn2)C1. The molecule has 1 atom stereocenters. The summed E-state index contributed by atoms with van der Waals surface area (Å²) in [6.45, 7) is 2.10. The predicted molar refractivity (Wildman–Crippen MR) is 82.2 cm³/mol. The number of aliphatic hydroxyl groups excluding tert-OH is 1. The number of likely N-dealkylation sites (tertiary alicyclic amines) is 1. The maximum atomic E-state index is 12.4. The summed E-state index contributed by atoms with van der Waals surface area (Å²) in [4.78, 5) is 22.5. The molecule has 0 unspecified atom stereocenters. The molecule has 1 fully saturated rings. The van der Waals surface area contributed by atoms with E-state index in [1.165, 1.54) is 0 Å². The Morgan fingerprint density at radius 3 is 3.05 bits per heavy atom. The number of aryl methyl sites for hydroxylation is 1. The molecular formula is C16H25N3O3. The number of piperidine rings is 1. The molecule has 122 valence electrons. The Kier molecular flexibility index (Phi) is 6.27. The van der Waals surface area contributed by atoms with Crippen molar-refractivity contribution in [3.05, 3.63) is 24.3 Å². The summed E-state index contributed by atoms with van der Waals surface area (Å²) in [5.41, 5.74) is 0.622. The molecule has 0 aromatic carbocycles. The van der Waals surface area contributed by atoms with Crippen LogP contribution in [0.15, 0.2) is 18.6 Å². The minimum Gasteiger partial charge on any atom is -0.396 e. The highest BCUT2D eigenvalue weighted by molar-refractivity contribution is 5.76. The third kappa shape index (κ3) is 4.48. The van der Waals surface area contributed by atoms with Crippen molar-refractivity contribution in [1.82, 2.24) is 14.9 Å². The van der Waals surface area contributed by atoms with Crippen LogP contribution >= 0.6 is 0 Å². The van der Waals surface area contributed by atoms with E-state index < -0.39 is 0 Å². The van der Waals surface area contributed by atoms with Gasteiger partial charge in [0.25, 0.3) is 0 Å². The minimum atomic E-state index is -0.212. The van der Waals surface area contributed by atoms with Crippen LogP contribution in [0.2, 0.25) is 0 Å². The van der Waals surface area contributed by atoms with E-state index in [0.29, 0.717) is 26.0 Å². The number of carbonyl (C=O) groups is 1. The van der Waals surface area contributed by atoms with Gasteiger partial charge in [0, 0.05) is 57.2 Å². The lowest BCUT2D eigenvalue weighted by atomic mass is 9.78. The number of ether oxygens (including phenoxy) is 1. The predicted octanol–water partition coefficient (Wildman–Crippen LogP) is 1.05. The Hall–Kier alpha value is -1.53. The molecule has 6 nitrogen and oxygen atoms in total. The lowest BCUT2D eigenvalue weighted by Gasteiger charge is -2.42. The molecule has 1 N–H and O–H groups in total. The van der Waals surface area contributed by atoms with Crippen molar-refractivity contribution in [2.45, 2.75) is 32.1 Å². The van der Waals surface area contributed by atoms with Crippen LogP contribution < -0.4 is 0 Å². The van der Waals surface area contributed by atoms with E-state index >= 15 is 0 Å². The maximum Gasteiger partial charge on any atom is 0.222 e. The molecule has 0 aliphatic carbocycles. The number of aromatic nitrogens is 2. The first-order valence-corrected chi connectivity index (χ1v) is 7.81. The molecule has 0 bridgehead atoms. The number of amides is 1. The fourth-order valence-electron chi connectivity index (χ4n) is 3.00. The van der Waals surface area contributed by atoms with Gasteiger partial charge in [-0.1, -0.05) is 0 Å². The van der Waals surface area contributed by atoms with Gasteiger partial charge in [-0.25, -0.2) is 0 Å². The molecule has 1 aromatic rings. The first kappa shape index (κ1) is 16.8. The topological polar surface area (TPSA) is 75.6 Å². The Labute approximate surface area is 131 Å². The van der Waals surface area contributed by atoms with E-state index in [9.17, 15) is 9.90 Å². The van der Waals surface area contributed by atoms with Gasteiger partial charge in [-0.15, -0.1) is 0 Å². The van der Waals surface area contributed by atoms with Gasteiger partial charge in [-0.05, 0) is 25.7 Å². The molecule has 1 aliphatic heterocycles. The van der Waals surface area contributed by atoms with Crippen molar-refractivity contribution in [2.75, 3.05) is 33.4 Å². The van der Waals surface area contributed by atoms with Crippen LogP contribution in [0, 0.1) is 5.41 Å². The fraction of sp³-hybridized carbons (Fsp3) is 0.688. The zero-order valence-corrected chi connectivity index (χ0v) is 13.2. The van der Waals surface area contributed by atoms with Gasteiger partial charge in [-0.2, -0.15) is 0 Å². The van der Waals surface area contributed by atoms with E-state index in [4.69, 9.17) is 4.74 Å². The summed E-state index contributed by atoms with van der Waals surface area (Å²) in [5.74, 6) is 0.126. The van der Waals surface area contributed by atoms with E-state index in [2.05, 4.69) is 9.97 Å². The summed E-state index contributed by atoms with van der Waals surface area (Å²) in [7, 11) is 1.66. The number of hydrogen-bond acceptors (Lipinski definition) is 5. The monoisotopic (exact) mass is 307 g/mol. The quantitative estimate of drug-likeness (QED) is 0.815. The summed E-state index contributed by atoms with van der Waals surface area (Å²) < 4.78 is 5.14. The number of carbonyl (C=O) groups excluding carboxylic acids is 1. The maximum absolute atomic E-state index is 12.4. The van der Waals surface area contributed by atoms with Crippen molar-refractivity contribution in [3.63, 3.8) is 0 Å². The van der Waals surface area contributed by atoms with Gasteiger partial charge in [0.1, 0.15) is 0 Å². The fourth-order valence-corrected chi connectivity index (χ4v) is 3.00. The van der Waals surface area contributed by atoms with Crippen LogP contribution in [0.5, 0.6) is 0 Å². The third-order valence-electron chi connectivity index (χ3n) is 4.40. The number of rotatable bonds is 7. The highest BCUT2D eigenvalue weighted by atomic mass is 16.5. The third-order valence-corrected chi connectivity index (χ3v) is 4.40. The van der Waals surface area contributed by atoms with Gasteiger partial charge in [-0.3, -0.25) is 14.8 Å². The Morgan fingerprint density at radius 1 is 1.50 bits per heavy atom. The van der Waals surface area contributed by atoms with Crippen molar-refractivity contribution < 1.29 is 14.6 Å². The van der Waals surface area contributed by atoms with Crippen LogP contribution in [-0.4, -0.2) is 59.3 Å². The van der Waals surface area contributed by atoms with Crippen LogP contribution in [0.1, 0.15) is 31.4 Å². The average Bonchev–Trinajstić information content (AvgIpc) is 2.59. The van der Waals surface area contributed by atoms with E-state index in [1.807, 2.05) is 4.90 Å². The number of methoxy groups -OCH3 is 1. The van der Waals surface area contributed by atoms with Gasteiger partial charge >= 0.3 is 0 Å². The number of hydrogen-bond donors (Lipinski definition) is 1. The molecule has 1 aromatic heterocycles. The van der Waals surface area contributed by atoms with E-state index in [1.54, 1.807) is 25.7 Å². The van der Waals surface area contributed by atoms with Crippen molar-refractivity contribution in [1.29, 1.82) is 0 Å². The molecule has 0 saturated carbocycles. The van der Waals surface area contributed by atoms with E-state index in [-0.39, 0.29) is 17.9 Å². The highest BCUT2D eigenvalue weighted by Crippen LogP contribution is 2.33. The summed E-state index contributed by atoms with van der Waals surface area (Å²) in [6, 6.07) is 0. The van der Waals surface area contributed by atoms with Crippen molar-refractivity contribution in [2.24, 2.45) is 5.41 Å². The van der Waals surface area contributed by atoms with Gasteiger partial charge < -0.3 is 14.7 Å². The standard InChI is InChI=1S/C16H25N3O3/c1-22-10-6-16(13-20)5-2-9-19(12-16)15(21)4-3-14-11-17-7-8-18-14/h7-8,11,20H,2-6,9-10,12-13H2,1H3/t16-/m1/s1. The highest BCUT2D eigenvalue weighted by Gasteiger charge is 2.36. The molecule has 0 radical (unpaired) electrons. The molecule has 22 heavy (non-hydrogen) atoms. The van der Waals surface area contributed by atoms with Crippen LogP contribution in [0.4, 0.5) is 0 Å². The second-order valence-corrected chi connectivity index (χ2v) is 6.02. The van der Waals surface area contributed by atoms with Gasteiger partial charge in [0.15, 0.2) is 0 Å². The minimum absolute atomic E-state index is 0.101. The van der Waals surface area contributed by atoms with Gasteiger partial charge in [0.2, 0.25) is 5.91 Å². The number of nitrogens with zero attached hydrogens (tertiary/aromatic N) is 3. The number of aliphatic hydroxyl groups is 1. The molecule has 1 amide bonds. The zero-order valence-electron chi connectivity index (χ0n) is 13.2. The van der Waals surface area contributed by atoms with Crippen LogP contribution in [0.3, 0.4) is 0 Å². The lowest BCUT2D eigenvalue weighted by molar-refractivity contribution is -0.136. The lowest BCUT2D eigenvalue weighted by Crippen LogP contribution is -2.48. The van der Waals surface area contributed by atoms with E-state index in [0.717, 1.165) is 31.5 Å². The Morgan fingerprint density at radius 2 is 2.36 bits per heavy atom. The summed E-state index contributed by atoms with van der Waals surface area (Å²) in [6.07, 6.45) is 8.66. The van der Waals surface area contributed by atoms with Crippen LogP contribution in [0.25, 0.3) is 0 Å². The molecular weight excluding hydrogens is 282 g/mol. The van der Waals surface area contributed by atoms with Gasteiger partial charge in [0.05, 0.1) is 12.3 Å². The first-order valence-electron chi connectivity index (χ1n) is 7.81. The second kappa shape index (κ2) is 8.19. The summed E-state index contributed by atoms with van der Waals surface area (Å²) >= 11 is 0. The molecule has 6 heteroatoms. The molecule has 2 rings (SSSR count). The van der Waals surface area contributed by atoms with Crippen LogP contribution in [-0.2, 0) is 16.0 Å². The summed E-state index contributed by atoms with van der Waals surface area (Å²) in [5, 5.41) is 9.76.